The summed E-state index contributed by atoms with van der Waals surface area (Å²) >= 11 is 0. The summed E-state index contributed by atoms with van der Waals surface area (Å²) in [7, 11) is 0. The molecule has 0 bridgehead atoms. The molecule has 0 heterocycles. The Hall–Kier alpha value is -1.50. The van der Waals surface area contributed by atoms with Crippen LogP contribution in [0.2, 0.25) is 0 Å². The minimum Gasteiger partial charge on any atom is -0.504 e. The molecule has 44 heavy (non-hydrogen) atoms. The first-order chi connectivity index (χ1) is 20.7. The fourth-order valence-corrected chi connectivity index (χ4v) is 13.3. The molecule has 0 aromatic carbocycles. The summed E-state index contributed by atoms with van der Waals surface area (Å²) in [4.78, 5) is 23.7. The molecule has 6 nitrogen and oxygen atoms in total. The van der Waals surface area contributed by atoms with Crippen LogP contribution in [0.25, 0.3) is 0 Å². The minimum absolute atomic E-state index is 0.00970. The van der Waals surface area contributed by atoms with E-state index in [1.807, 2.05) is 6.08 Å². The van der Waals surface area contributed by atoms with Gasteiger partial charge in [-0.1, -0.05) is 33.3 Å². The molecule has 244 valence electrons. The van der Waals surface area contributed by atoms with Gasteiger partial charge in [-0.25, -0.2) is 0 Å². The zero-order chi connectivity index (χ0) is 31.4. The van der Waals surface area contributed by atoms with E-state index in [1.165, 1.54) is 5.57 Å². The van der Waals surface area contributed by atoms with Gasteiger partial charge in [0, 0.05) is 19.3 Å². The maximum atomic E-state index is 11.9. The fourth-order valence-electron chi connectivity index (χ4n) is 13.3. The Morgan fingerprint density at radius 3 is 2.07 bits per heavy atom. The van der Waals surface area contributed by atoms with Crippen molar-refractivity contribution in [1.82, 2.24) is 0 Å². The SMILES string of the molecule is C[C@]12CC[C@H]3[C@@H](CCC4=C(O)C(=O)CC[C@@]43C)[C@@H]1CC[C@@H]2O.C[C@]12CC[C@H]3[C@@H](CCC4=CC(=O)CC[C@@]43C)[C@@H]1C(O)C[C@@H]2O. The molecule has 6 fully saturated rings. The molecule has 0 aromatic rings. The van der Waals surface area contributed by atoms with Gasteiger partial charge in [-0.2, -0.15) is 0 Å². The molecule has 8 aliphatic carbocycles. The van der Waals surface area contributed by atoms with Crippen LogP contribution in [-0.4, -0.2) is 50.3 Å². The van der Waals surface area contributed by atoms with Gasteiger partial charge in [0.25, 0.3) is 0 Å². The van der Waals surface area contributed by atoms with Crippen LogP contribution in [0.5, 0.6) is 0 Å². The van der Waals surface area contributed by atoms with Gasteiger partial charge in [0.1, 0.15) is 0 Å². The first kappa shape index (κ1) is 31.1. The first-order valence-electron chi connectivity index (χ1n) is 18.0. The number of fused-ring (bicyclic) bond motifs is 10. The van der Waals surface area contributed by atoms with Crippen LogP contribution in [0.3, 0.4) is 0 Å². The molecule has 1 unspecified atom stereocenters. The molecule has 4 N–H and O–H groups in total. The summed E-state index contributed by atoms with van der Waals surface area (Å²) in [5.41, 5.74) is 2.56. The second-order valence-corrected chi connectivity index (χ2v) is 17.5. The van der Waals surface area contributed by atoms with E-state index < -0.39 is 0 Å². The van der Waals surface area contributed by atoms with Crippen molar-refractivity contribution in [1.29, 1.82) is 0 Å². The second kappa shape index (κ2) is 10.5. The van der Waals surface area contributed by atoms with Crippen molar-refractivity contribution >= 4 is 11.6 Å². The summed E-state index contributed by atoms with van der Waals surface area (Å²) < 4.78 is 0. The predicted octanol–water partition coefficient (Wildman–Crippen LogP) is 6.61. The van der Waals surface area contributed by atoms with Crippen LogP contribution in [0, 0.1) is 57.2 Å². The lowest BCUT2D eigenvalue weighted by Gasteiger charge is -2.58. The number of Topliss-reactive ketones (excluding diaryl/α,β-unsaturated/α-hetero) is 1. The Morgan fingerprint density at radius 1 is 0.659 bits per heavy atom. The third-order valence-electron chi connectivity index (χ3n) is 15.9. The van der Waals surface area contributed by atoms with E-state index in [2.05, 4.69) is 27.7 Å². The van der Waals surface area contributed by atoms with Gasteiger partial charge in [0.15, 0.2) is 17.3 Å². The molecular weight excluding hydrogens is 552 g/mol. The number of carbonyl (C=O) groups excluding carboxylic acids is 2. The molecule has 0 saturated heterocycles. The lowest BCUT2D eigenvalue weighted by molar-refractivity contribution is -0.122. The largest absolute Gasteiger partial charge is 0.504 e. The highest BCUT2D eigenvalue weighted by atomic mass is 16.3. The van der Waals surface area contributed by atoms with Gasteiger partial charge >= 0.3 is 0 Å². The highest BCUT2D eigenvalue weighted by Crippen LogP contribution is 2.67. The topological polar surface area (TPSA) is 115 Å². The van der Waals surface area contributed by atoms with Crippen LogP contribution in [0.1, 0.15) is 124 Å². The maximum Gasteiger partial charge on any atom is 0.197 e. The smallest absolute Gasteiger partial charge is 0.197 e. The maximum absolute atomic E-state index is 11.9. The van der Waals surface area contributed by atoms with Crippen molar-refractivity contribution in [2.24, 2.45) is 57.2 Å². The number of allylic oxidation sites excluding steroid dienone is 2. The van der Waals surface area contributed by atoms with Crippen LogP contribution in [-0.2, 0) is 9.59 Å². The highest BCUT2D eigenvalue weighted by Gasteiger charge is 2.62. The highest BCUT2D eigenvalue weighted by molar-refractivity contribution is 5.95. The van der Waals surface area contributed by atoms with Gasteiger partial charge in [-0.3, -0.25) is 9.59 Å². The molecule has 0 aliphatic heterocycles. The van der Waals surface area contributed by atoms with E-state index >= 15 is 0 Å². The molecule has 13 atom stereocenters. The second-order valence-electron chi connectivity index (χ2n) is 17.5. The van der Waals surface area contributed by atoms with Gasteiger partial charge < -0.3 is 20.4 Å². The van der Waals surface area contributed by atoms with Gasteiger partial charge in [-0.05, 0) is 146 Å². The molecule has 0 radical (unpaired) electrons. The van der Waals surface area contributed by atoms with Crippen LogP contribution >= 0.6 is 0 Å². The Labute approximate surface area is 263 Å². The average Bonchev–Trinajstić information content (AvgIpc) is 3.42. The summed E-state index contributed by atoms with van der Waals surface area (Å²) in [6.07, 6.45) is 15.2. The summed E-state index contributed by atoms with van der Waals surface area (Å²) in [6, 6.07) is 0. The Bertz CT molecular complexity index is 1280. The third kappa shape index (κ3) is 4.28. The molecule has 0 amide bonds. The lowest BCUT2D eigenvalue weighted by atomic mass is 9.47. The van der Waals surface area contributed by atoms with Crippen molar-refractivity contribution in [2.45, 2.75) is 142 Å². The quantitative estimate of drug-likeness (QED) is 0.246. The molecule has 0 spiro atoms. The molecule has 6 heteroatoms. The van der Waals surface area contributed by atoms with Crippen molar-refractivity contribution in [3.8, 4) is 0 Å². The van der Waals surface area contributed by atoms with E-state index in [0.29, 0.717) is 54.6 Å². The lowest BCUT2D eigenvalue weighted by Crippen LogP contribution is -2.52. The Kier molecular flexibility index (Phi) is 7.43. The van der Waals surface area contributed by atoms with E-state index in [1.54, 1.807) is 0 Å². The number of ketones is 2. The monoisotopic (exact) mass is 608 g/mol. The third-order valence-corrected chi connectivity index (χ3v) is 15.9. The Morgan fingerprint density at radius 2 is 1.32 bits per heavy atom. The Balaban J connectivity index is 0.000000142. The number of aliphatic hydroxyl groups is 4. The van der Waals surface area contributed by atoms with Gasteiger partial charge in [0.2, 0.25) is 0 Å². The van der Waals surface area contributed by atoms with Crippen LogP contribution < -0.4 is 0 Å². The van der Waals surface area contributed by atoms with Crippen molar-refractivity contribution in [2.75, 3.05) is 0 Å². The van der Waals surface area contributed by atoms with Crippen molar-refractivity contribution in [3.05, 3.63) is 23.0 Å². The fraction of sp³-hybridized carbons (Fsp3) is 0.842. The summed E-state index contributed by atoms with van der Waals surface area (Å²) in [6.45, 7) is 9.12. The number of rotatable bonds is 0. The van der Waals surface area contributed by atoms with E-state index in [4.69, 9.17) is 0 Å². The van der Waals surface area contributed by atoms with E-state index in [0.717, 1.165) is 82.6 Å². The first-order valence-corrected chi connectivity index (χ1v) is 18.0. The molecule has 8 rings (SSSR count). The van der Waals surface area contributed by atoms with Crippen molar-refractivity contribution in [3.63, 3.8) is 0 Å². The molecule has 6 saturated carbocycles. The number of hydrogen-bond acceptors (Lipinski definition) is 6. The number of carbonyl (C=O) groups is 2. The standard InChI is InChI=1S/2C19H28O3/c1-18-7-5-12(20)9-11(18)3-4-13-14(18)6-8-19(2)16(22)10-15(21)17(13)19;1-18-10-8-15(20)17(22)14(18)4-3-11-12-5-6-16(21)19(12,2)9-7-13(11)18/h9,13-17,21-22H,3-8,10H2,1-2H3;11-13,16,21-22H,3-10H2,1-2H3/t13-,14+,15?,16+,17-,18+,19-;11-,12-,13-,16-,18+,19-/m10/s1. The molecular formula is C38H56O6. The number of aliphatic hydroxyl groups excluding tert-OH is 4. The van der Waals surface area contributed by atoms with Crippen LogP contribution in [0.15, 0.2) is 23.0 Å². The van der Waals surface area contributed by atoms with Gasteiger partial charge in [-0.15, -0.1) is 0 Å². The zero-order valence-electron chi connectivity index (χ0n) is 27.5. The number of hydrogen-bond donors (Lipinski definition) is 4. The van der Waals surface area contributed by atoms with Gasteiger partial charge in [0.05, 0.1) is 18.3 Å². The minimum atomic E-state index is -0.355. The van der Waals surface area contributed by atoms with E-state index in [9.17, 15) is 30.0 Å². The van der Waals surface area contributed by atoms with Crippen LogP contribution in [0.4, 0.5) is 0 Å². The molecule has 8 aliphatic rings. The molecule has 0 aromatic heterocycles. The predicted molar refractivity (Wildman–Crippen MR) is 168 cm³/mol. The van der Waals surface area contributed by atoms with E-state index in [-0.39, 0.29) is 57.4 Å². The summed E-state index contributed by atoms with van der Waals surface area (Å²) in [5.74, 6) is 3.50. The normalized spacial score (nSPS) is 52.8. The van der Waals surface area contributed by atoms with Crippen molar-refractivity contribution < 1.29 is 30.0 Å². The zero-order valence-corrected chi connectivity index (χ0v) is 27.5. The average molecular weight is 609 g/mol. The summed E-state index contributed by atoms with van der Waals surface area (Å²) in [5, 5.41) is 41.8.